The van der Waals surface area contributed by atoms with Crippen LogP contribution >= 0.6 is 0 Å². The smallest absolute Gasteiger partial charge is 0.313 e. The summed E-state index contributed by atoms with van der Waals surface area (Å²) in [6.07, 6.45) is 7.17. The van der Waals surface area contributed by atoms with E-state index >= 15 is 0 Å². The van der Waals surface area contributed by atoms with E-state index in [0.29, 0.717) is 18.8 Å². The molecule has 1 N–H and O–H groups in total. The highest BCUT2D eigenvalue weighted by Crippen LogP contribution is 2.68. The van der Waals surface area contributed by atoms with Gasteiger partial charge in [0.2, 0.25) is 0 Å². The SMILES string of the molecule is CCCCCC(CC)OC(=O)C12CCC(CC1C(=O)O)C2(C)C. The summed E-state index contributed by atoms with van der Waals surface area (Å²) in [4.78, 5) is 24.8. The summed E-state index contributed by atoms with van der Waals surface area (Å²) in [5.74, 6) is -1.36. The lowest BCUT2D eigenvalue weighted by atomic mass is 9.65. The van der Waals surface area contributed by atoms with Gasteiger partial charge in [-0.15, -0.1) is 0 Å². The standard InChI is InChI=1S/C19H32O4/c1-5-7-8-9-14(6-2)23-17(22)19-11-10-13(18(19,3)4)12-15(19)16(20)21/h13-15H,5-12H2,1-4H3,(H,20,21). The van der Waals surface area contributed by atoms with Gasteiger partial charge in [-0.05, 0) is 49.9 Å². The molecule has 0 saturated heterocycles. The van der Waals surface area contributed by atoms with Gasteiger partial charge in [0.25, 0.3) is 0 Å². The number of carbonyl (C=O) groups excluding carboxylic acids is 1. The second kappa shape index (κ2) is 6.82. The summed E-state index contributed by atoms with van der Waals surface area (Å²) >= 11 is 0. The highest BCUT2D eigenvalue weighted by Gasteiger charge is 2.70. The molecule has 132 valence electrons. The van der Waals surface area contributed by atoms with Gasteiger partial charge in [0, 0.05) is 0 Å². The molecule has 0 spiro atoms. The van der Waals surface area contributed by atoms with Crippen molar-refractivity contribution >= 4 is 11.9 Å². The van der Waals surface area contributed by atoms with Crippen LogP contribution in [0.2, 0.25) is 0 Å². The number of ether oxygens (including phenoxy) is 1. The third-order valence-electron chi connectivity index (χ3n) is 6.69. The molecule has 4 unspecified atom stereocenters. The third kappa shape index (κ3) is 2.89. The molecule has 2 fully saturated rings. The summed E-state index contributed by atoms with van der Waals surface area (Å²) in [6.45, 7) is 8.32. The summed E-state index contributed by atoms with van der Waals surface area (Å²) < 4.78 is 5.86. The topological polar surface area (TPSA) is 63.6 Å². The van der Waals surface area contributed by atoms with E-state index in [0.717, 1.165) is 38.5 Å². The fourth-order valence-electron chi connectivity index (χ4n) is 5.01. The van der Waals surface area contributed by atoms with Crippen molar-refractivity contribution in [2.75, 3.05) is 0 Å². The van der Waals surface area contributed by atoms with E-state index in [4.69, 9.17) is 4.74 Å². The molecule has 4 heteroatoms. The van der Waals surface area contributed by atoms with Crippen molar-refractivity contribution in [3.05, 3.63) is 0 Å². The van der Waals surface area contributed by atoms with Crippen molar-refractivity contribution in [1.82, 2.24) is 0 Å². The number of rotatable bonds is 8. The predicted octanol–water partition coefficient (Wildman–Crippen LogP) is 4.42. The Labute approximate surface area is 140 Å². The van der Waals surface area contributed by atoms with Crippen LogP contribution in [0.25, 0.3) is 0 Å². The van der Waals surface area contributed by atoms with Crippen LogP contribution in [0.15, 0.2) is 0 Å². The van der Waals surface area contributed by atoms with E-state index < -0.39 is 17.3 Å². The van der Waals surface area contributed by atoms with Gasteiger partial charge in [0.05, 0.1) is 11.3 Å². The second-order valence-electron chi connectivity index (χ2n) is 7.99. The lowest BCUT2D eigenvalue weighted by molar-refractivity contribution is -0.176. The van der Waals surface area contributed by atoms with E-state index in [9.17, 15) is 14.7 Å². The van der Waals surface area contributed by atoms with Gasteiger partial charge in [-0.1, -0.05) is 40.5 Å². The van der Waals surface area contributed by atoms with Gasteiger partial charge >= 0.3 is 11.9 Å². The lowest BCUT2D eigenvalue weighted by Gasteiger charge is -2.39. The summed E-state index contributed by atoms with van der Waals surface area (Å²) in [5, 5.41) is 9.64. The maximum Gasteiger partial charge on any atom is 0.313 e. The Morgan fingerprint density at radius 2 is 1.96 bits per heavy atom. The average molecular weight is 324 g/mol. The van der Waals surface area contributed by atoms with Crippen molar-refractivity contribution in [3.63, 3.8) is 0 Å². The molecule has 0 aliphatic heterocycles. The molecule has 0 radical (unpaired) electrons. The first kappa shape index (κ1) is 18.3. The molecule has 0 aromatic heterocycles. The van der Waals surface area contributed by atoms with Crippen LogP contribution < -0.4 is 0 Å². The molecular weight excluding hydrogens is 292 g/mol. The molecule has 0 aromatic rings. The number of aliphatic carboxylic acids is 1. The number of carboxylic acid groups (broad SMARTS) is 1. The molecule has 2 aliphatic carbocycles. The van der Waals surface area contributed by atoms with Crippen LogP contribution in [0.4, 0.5) is 0 Å². The minimum Gasteiger partial charge on any atom is -0.481 e. The number of carbonyl (C=O) groups is 2. The fraction of sp³-hybridized carbons (Fsp3) is 0.895. The molecule has 2 bridgehead atoms. The van der Waals surface area contributed by atoms with Crippen LogP contribution in [-0.4, -0.2) is 23.1 Å². The number of hydrogen-bond donors (Lipinski definition) is 1. The van der Waals surface area contributed by atoms with E-state index in [1.807, 2.05) is 6.92 Å². The first-order chi connectivity index (χ1) is 10.8. The molecule has 0 aromatic carbocycles. The fourth-order valence-corrected chi connectivity index (χ4v) is 5.01. The third-order valence-corrected chi connectivity index (χ3v) is 6.69. The zero-order valence-electron chi connectivity index (χ0n) is 15.1. The number of esters is 1. The summed E-state index contributed by atoms with van der Waals surface area (Å²) in [5.41, 5.74) is -1.11. The second-order valence-corrected chi connectivity index (χ2v) is 7.99. The summed E-state index contributed by atoms with van der Waals surface area (Å²) in [6, 6.07) is 0. The first-order valence-corrected chi connectivity index (χ1v) is 9.25. The number of hydrogen-bond acceptors (Lipinski definition) is 3. The molecule has 0 amide bonds. The normalized spacial score (nSPS) is 32.7. The van der Waals surface area contributed by atoms with Crippen molar-refractivity contribution < 1.29 is 19.4 Å². The zero-order chi connectivity index (χ0) is 17.3. The van der Waals surface area contributed by atoms with E-state index in [-0.39, 0.29) is 17.5 Å². The maximum absolute atomic E-state index is 13.1. The maximum atomic E-state index is 13.1. The Balaban J connectivity index is 2.16. The van der Waals surface area contributed by atoms with Crippen LogP contribution in [0, 0.1) is 22.7 Å². The number of unbranched alkanes of at least 4 members (excludes halogenated alkanes) is 2. The number of carboxylic acids is 1. The Kier molecular flexibility index (Phi) is 5.42. The largest absolute Gasteiger partial charge is 0.481 e. The van der Waals surface area contributed by atoms with Crippen molar-refractivity contribution in [2.45, 2.75) is 85.2 Å². The molecular formula is C19H32O4. The Hall–Kier alpha value is -1.06. The highest BCUT2D eigenvalue weighted by molar-refractivity contribution is 5.87. The minimum absolute atomic E-state index is 0.0756. The highest BCUT2D eigenvalue weighted by atomic mass is 16.5. The van der Waals surface area contributed by atoms with E-state index in [1.165, 1.54) is 0 Å². The van der Waals surface area contributed by atoms with Crippen LogP contribution in [0.5, 0.6) is 0 Å². The molecule has 4 atom stereocenters. The Bertz CT molecular complexity index is 456. The molecule has 2 saturated carbocycles. The molecule has 4 nitrogen and oxygen atoms in total. The van der Waals surface area contributed by atoms with Crippen molar-refractivity contribution in [2.24, 2.45) is 22.7 Å². The van der Waals surface area contributed by atoms with Crippen LogP contribution in [0.1, 0.15) is 79.1 Å². The van der Waals surface area contributed by atoms with Crippen LogP contribution in [-0.2, 0) is 14.3 Å². The predicted molar refractivity (Wildman–Crippen MR) is 89.0 cm³/mol. The van der Waals surface area contributed by atoms with Gasteiger partial charge in [-0.3, -0.25) is 9.59 Å². The van der Waals surface area contributed by atoms with E-state index in [2.05, 4.69) is 20.8 Å². The van der Waals surface area contributed by atoms with Crippen LogP contribution in [0.3, 0.4) is 0 Å². The number of fused-ring (bicyclic) bond motifs is 2. The van der Waals surface area contributed by atoms with Gasteiger partial charge in [0.15, 0.2) is 0 Å². The Morgan fingerprint density at radius 3 is 2.48 bits per heavy atom. The summed E-state index contributed by atoms with van der Waals surface area (Å²) in [7, 11) is 0. The van der Waals surface area contributed by atoms with E-state index in [1.54, 1.807) is 0 Å². The van der Waals surface area contributed by atoms with Crippen molar-refractivity contribution in [3.8, 4) is 0 Å². The van der Waals surface area contributed by atoms with Gasteiger partial charge in [-0.2, -0.15) is 0 Å². The quantitative estimate of drug-likeness (QED) is 0.530. The van der Waals surface area contributed by atoms with Gasteiger partial charge < -0.3 is 9.84 Å². The zero-order valence-corrected chi connectivity index (χ0v) is 15.1. The monoisotopic (exact) mass is 324 g/mol. The van der Waals surface area contributed by atoms with Gasteiger partial charge in [-0.25, -0.2) is 0 Å². The molecule has 2 aliphatic rings. The minimum atomic E-state index is -0.837. The van der Waals surface area contributed by atoms with Gasteiger partial charge in [0.1, 0.15) is 6.10 Å². The Morgan fingerprint density at radius 1 is 1.26 bits per heavy atom. The molecule has 2 rings (SSSR count). The average Bonchev–Trinajstić information content (AvgIpc) is 2.90. The lowest BCUT2D eigenvalue weighted by Crippen LogP contribution is -2.47. The molecule has 23 heavy (non-hydrogen) atoms. The molecule has 0 heterocycles. The first-order valence-electron chi connectivity index (χ1n) is 9.25. The van der Waals surface area contributed by atoms with Crippen molar-refractivity contribution in [1.29, 1.82) is 0 Å².